The molecule has 1 amide bonds. The number of aryl methyl sites for hydroxylation is 1. The number of hydrogen-bond donors (Lipinski definition) is 0. The zero-order chi connectivity index (χ0) is 31.2. The number of aromatic nitrogens is 4. The maximum atomic E-state index is 13.5. The lowest BCUT2D eigenvalue weighted by Crippen LogP contribution is -2.35. The third-order valence-corrected chi connectivity index (χ3v) is 8.04. The molecule has 2 aromatic heterocycles. The summed E-state index contributed by atoms with van der Waals surface area (Å²) in [6.45, 7) is 1.35. The molecule has 0 atom stereocenters. The molecule has 12 nitrogen and oxygen atoms in total. The second-order valence-corrected chi connectivity index (χ2v) is 11.5. The van der Waals surface area contributed by atoms with Crippen LogP contribution in [0.5, 0.6) is 17.4 Å². The van der Waals surface area contributed by atoms with Crippen molar-refractivity contribution in [2.24, 2.45) is 0 Å². The summed E-state index contributed by atoms with van der Waals surface area (Å²) < 4.78 is 70.0. The summed E-state index contributed by atoms with van der Waals surface area (Å²) in [6.07, 6.45) is -2.48. The molecule has 0 aliphatic carbocycles. The molecule has 15 heteroatoms. The van der Waals surface area contributed by atoms with Gasteiger partial charge in [-0.2, -0.15) is 8.42 Å². The number of alkyl halides is 2. The fraction of sp³-hybridized carbons (Fsp3) is 0.172. The number of hydrogen-bond acceptors (Lipinski definition) is 9. The van der Waals surface area contributed by atoms with Gasteiger partial charge in [-0.25, -0.2) is 9.67 Å². The van der Waals surface area contributed by atoms with Crippen molar-refractivity contribution in [1.29, 1.82) is 0 Å². The van der Waals surface area contributed by atoms with Crippen LogP contribution < -0.4 is 24.1 Å². The molecule has 1 aliphatic heterocycles. The molecule has 0 unspecified atom stereocenters. The second-order valence-electron chi connectivity index (χ2n) is 9.93. The maximum absolute atomic E-state index is 13.5. The largest absolute Gasteiger partial charge is 0.586 e. The maximum Gasteiger partial charge on any atom is 0.586 e. The Hall–Kier alpha value is -5.31. The number of benzene rings is 3. The standard InChI is InChI=1S/C29H23F2N5O7S/c1-18-8-11-21(12-9-18)44(39,40)43-27-26-25(32-17-35(26)15-19-6-4-3-5-7-19)28(38)36(33-27)16-24(37)34(2)20-10-13-22-23(14-20)42-29(30,31)41-22/h3-14,17H,15-16H2,1-2H3. The summed E-state index contributed by atoms with van der Waals surface area (Å²) in [7, 11) is -3.07. The number of ether oxygens (including phenoxy) is 2. The first-order chi connectivity index (χ1) is 20.9. The molecule has 0 bridgehead atoms. The van der Waals surface area contributed by atoms with Crippen molar-refractivity contribution < 1.29 is 35.6 Å². The van der Waals surface area contributed by atoms with Crippen LogP contribution in [0.25, 0.3) is 11.0 Å². The SMILES string of the molecule is Cc1ccc(S(=O)(=O)Oc2nn(CC(=O)N(C)c3ccc4c(c3)OC(F)(F)O4)c(=O)c3ncn(Cc4ccccc4)c23)cc1. The Bertz CT molecular complexity index is 2060. The molecular weight excluding hydrogens is 600 g/mol. The number of nitrogens with zero attached hydrogens (tertiary/aromatic N) is 5. The van der Waals surface area contributed by atoms with E-state index in [0.717, 1.165) is 20.7 Å². The summed E-state index contributed by atoms with van der Waals surface area (Å²) in [5.41, 5.74) is 0.891. The first-order valence-corrected chi connectivity index (χ1v) is 14.5. The first kappa shape index (κ1) is 28.8. The Labute approximate surface area is 248 Å². The third kappa shape index (κ3) is 5.56. The summed E-state index contributed by atoms with van der Waals surface area (Å²) in [5, 5.41) is 4.15. The zero-order valence-corrected chi connectivity index (χ0v) is 24.0. The lowest BCUT2D eigenvalue weighted by Gasteiger charge is -2.18. The molecule has 0 N–H and O–H groups in total. The van der Waals surface area contributed by atoms with Crippen LogP contribution in [0.4, 0.5) is 14.5 Å². The van der Waals surface area contributed by atoms with Gasteiger partial charge in [-0.1, -0.05) is 48.0 Å². The highest BCUT2D eigenvalue weighted by atomic mass is 32.2. The van der Waals surface area contributed by atoms with E-state index in [4.69, 9.17) is 4.18 Å². The molecule has 0 fully saturated rings. The molecule has 226 valence electrons. The number of carbonyl (C=O) groups is 1. The molecule has 0 saturated carbocycles. The van der Waals surface area contributed by atoms with E-state index in [2.05, 4.69) is 19.6 Å². The van der Waals surface area contributed by atoms with E-state index < -0.39 is 40.3 Å². The lowest BCUT2D eigenvalue weighted by molar-refractivity contribution is -0.286. The van der Waals surface area contributed by atoms with Gasteiger partial charge in [0.1, 0.15) is 17.0 Å². The molecule has 0 saturated heterocycles. The van der Waals surface area contributed by atoms with Gasteiger partial charge in [-0.05, 0) is 36.8 Å². The number of halogens is 2. The van der Waals surface area contributed by atoms with Gasteiger partial charge in [-0.15, -0.1) is 13.9 Å². The number of anilines is 1. The van der Waals surface area contributed by atoms with Gasteiger partial charge < -0.3 is 23.1 Å². The van der Waals surface area contributed by atoms with Crippen LogP contribution in [0.15, 0.2) is 88.8 Å². The normalized spacial score (nSPS) is 13.6. The minimum absolute atomic E-state index is 0.0169. The Kier molecular flexibility index (Phi) is 7.04. The molecule has 3 aromatic carbocycles. The highest BCUT2D eigenvalue weighted by molar-refractivity contribution is 7.87. The molecule has 3 heterocycles. The highest BCUT2D eigenvalue weighted by Gasteiger charge is 2.43. The number of rotatable bonds is 8. The van der Waals surface area contributed by atoms with Crippen LogP contribution in [0, 0.1) is 6.92 Å². The van der Waals surface area contributed by atoms with Crippen molar-refractivity contribution in [1.82, 2.24) is 19.3 Å². The predicted molar refractivity (Wildman–Crippen MR) is 152 cm³/mol. The molecular formula is C29H23F2N5O7S. The molecule has 44 heavy (non-hydrogen) atoms. The number of likely N-dealkylation sites (N-methyl/N-ethyl adjacent to an activating group) is 1. The van der Waals surface area contributed by atoms with E-state index in [1.54, 1.807) is 19.1 Å². The molecule has 1 aliphatic rings. The Morgan fingerprint density at radius 3 is 2.45 bits per heavy atom. The average Bonchev–Trinajstić information content (AvgIpc) is 3.54. The van der Waals surface area contributed by atoms with Gasteiger partial charge in [0.05, 0.1) is 6.33 Å². The quantitative estimate of drug-likeness (QED) is 0.237. The van der Waals surface area contributed by atoms with Crippen molar-refractivity contribution in [3.8, 4) is 17.4 Å². The summed E-state index contributed by atoms with van der Waals surface area (Å²) in [5.74, 6) is -1.63. The van der Waals surface area contributed by atoms with E-state index in [0.29, 0.717) is 0 Å². The van der Waals surface area contributed by atoms with Gasteiger partial charge in [-0.3, -0.25) is 9.59 Å². The molecule has 5 aromatic rings. The predicted octanol–water partition coefficient (Wildman–Crippen LogP) is 3.70. The van der Waals surface area contributed by atoms with Crippen LogP contribution in [-0.4, -0.2) is 47.0 Å². The van der Waals surface area contributed by atoms with E-state index >= 15 is 0 Å². The lowest BCUT2D eigenvalue weighted by atomic mass is 10.2. The molecule has 6 rings (SSSR count). The number of fused-ring (bicyclic) bond motifs is 2. The summed E-state index contributed by atoms with van der Waals surface area (Å²) in [4.78, 5) is 31.9. The van der Waals surface area contributed by atoms with Crippen LogP contribution in [0.1, 0.15) is 11.1 Å². The summed E-state index contributed by atoms with van der Waals surface area (Å²) in [6, 6.07) is 18.9. The number of amides is 1. The number of imidazole rings is 1. The fourth-order valence-electron chi connectivity index (χ4n) is 4.53. The Morgan fingerprint density at radius 2 is 1.73 bits per heavy atom. The van der Waals surface area contributed by atoms with E-state index in [9.17, 15) is 26.8 Å². The Morgan fingerprint density at radius 1 is 1.02 bits per heavy atom. The van der Waals surface area contributed by atoms with E-state index in [1.165, 1.54) is 48.3 Å². The average molecular weight is 624 g/mol. The minimum atomic E-state index is -4.42. The Balaban J connectivity index is 1.37. The number of carbonyl (C=O) groups excluding carboxylic acids is 1. The fourth-order valence-corrected chi connectivity index (χ4v) is 5.42. The summed E-state index contributed by atoms with van der Waals surface area (Å²) >= 11 is 0. The minimum Gasteiger partial charge on any atom is -0.395 e. The van der Waals surface area contributed by atoms with E-state index in [1.807, 2.05) is 30.3 Å². The highest BCUT2D eigenvalue weighted by Crippen LogP contribution is 2.42. The zero-order valence-electron chi connectivity index (χ0n) is 23.2. The second kappa shape index (κ2) is 10.8. The van der Waals surface area contributed by atoms with Gasteiger partial charge >= 0.3 is 16.4 Å². The van der Waals surface area contributed by atoms with Gasteiger partial charge in [0, 0.05) is 25.3 Å². The van der Waals surface area contributed by atoms with Crippen molar-refractivity contribution in [3.05, 3.63) is 101 Å². The van der Waals surface area contributed by atoms with E-state index in [-0.39, 0.29) is 39.7 Å². The van der Waals surface area contributed by atoms with Crippen molar-refractivity contribution in [3.63, 3.8) is 0 Å². The van der Waals surface area contributed by atoms with Gasteiger partial charge in [0.15, 0.2) is 17.0 Å². The van der Waals surface area contributed by atoms with Gasteiger partial charge in [0.25, 0.3) is 11.4 Å². The van der Waals surface area contributed by atoms with Crippen LogP contribution >= 0.6 is 0 Å². The monoisotopic (exact) mass is 623 g/mol. The van der Waals surface area contributed by atoms with Crippen LogP contribution in [0.3, 0.4) is 0 Å². The smallest absolute Gasteiger partial charge is 0.395 e. The van der Waals surface area contributed by atoms with Crippen molar-refractivity contribution >= 4 is 32.7 Å². The molecule has 0 radical (unpaired) electrons. The topological polar surface area (TPSA) is 135 Å². The molecule has 0 spiro atoms. The van der Waals surface area contributed by atoms with Crippen molar-refractivity contribution in [2.75, 3.05) is 11.9 Å². The van der Waals surface area contributed by atoms with Crippen LogP contribution in [-0.2, 0) is 28.0 Å². The third-order valence-electron chi connectivity index (χ3n) is 6.81. The van der Waals surface area contributed by atoms with Crippen molar-refractivity contribution in [2.45, 2.75) is 31.2 Å². The first-order valence-electron chi connectivity index (χ1n) is 13.1. The van der Waals surface area contributed by atoms with Gasteiger partial charge in [0.2, 0.25) is 5.91 Å². The van der Waals surface area contributed by atoms with Crippen LogP contribution in [0.2, 0.25) is 0 Å².